The van der Waals surface area contributed by atoms with E-state index < -0.39 is 0 Å². The molecule has 0 amide bonds. The first-order chi connectivity index (χ1) is 6.75. The summed E-state index contributed by atoms with van der Waals surface area (Å²) in [7, 11) is 0. The van der Waals surface area contributed by atoms with E-state index in [1.54, 1.807) is 24.4 Å². The number of nitrogens with two attached hydrogens (primary N) is 2. The maximum absolute atomic E-state index is 5.63. The molecule has 72 valence electrons. The van der Waals surface area contributed by atoms with Crippen LogP contribution in [0.2, 0.25) is 0 Å². The van der Waals surface area contributed by atoms with Crippen LogP contribution in [0.15, 0.2) is 29.8 Å². The van der Waals surface area contributed by atoms with Gasteiger partial charge in [0.1, 0.15) is 5.75 Å². The average Bonchev–Trinajstić information content (AvgIpc) is 2.64. The van der Waals surface area contributed by atoms with Gasteiger partial charge in [0.2, 0.25) is 0 Å². The Morgan fingerprint density at radius 2 is 2.07 bits per heavy atom. The van der Waals surface area contributed by atoms with Gasteiger partial charge in [-0.25, -0.2) is 4.98 Å². The van der Waals surface area contributed by atoms with E-state index >= 15 is 0 Å². The number of nitrogens with zero attached hydrogens (tertiary/aromatic N) is 1. The first-order valence-corrected chi connectivity index (χ1v) is 4.86. The monoisotopic (exact) mass is 207 g/mol. The molecule has 0 unspecified atom stereocenters. The lowest BCUT2D eigenvalue weighted by atomic mass is 10.2. The van der Waals surface area contributed by atoms with Crippen molar-refractivity contribution >= 4 is 22.7 Å². The number of thiazole rings is 1. The fourth-order valence-electron chi connectivity index (χ4n) is 0.978. The number of anilines is 2. The van der Waals surface area contributed by atoms with Crippen molar-refractivity contribution in [2.75, 3.05) is 11.5 Å². The second-order valence-corrected chi connectivity index (χ2v) is 3.55. The second-order valence-electron chi connectivity index (χ2n) is 2.69. The summed E-state index contributed by atoms with van der Waals surface area (Å²) in [6.07, 6.45) is 1.68. The maximum atomic E-state index is 5.63. The summed E-state index contributed by atoms with van der Waals surface area (Å²) in [6, 6.07) is 5.14. The highest BCUT2D eigenvalue weighted by atomic mass is 32.1. The SMILES string of the molecule is Nc1ccc(Oc2nccs2)cc1N. The minimum Gasteiger partial charge on any atom is -0.431 e. The van der Waals surface area contributed by atoms with Gasteiger partial charge < -0.3 is 16.2 Å². The Morgan fingerprint density at radius 1 is 1.21 bits per heavy atom. The number of aromatic nitrogens is 1. The summed E-state index contributed by atoms with van der Waals surface area (Å²) in [5.41, 5.74) is 12.3. The van der Waals surface area contributed by atoms with Gasteiger partial charge in [0, 0.05) is 17.6 Å². The summed E-state index contributed by atoms with van der Waals surface area (Å²) in [5.74, 6) is 0.645. The van der Waals surface area contributed by atoms with E-state index in [0.717, 1.165) is 0 Å². The van der Waals surface area contributed by atoms with Crippen molar-refractivity contribution < 1.29 is 4.74 Å². The fraction of sp³-hybridized carbons (Fsp3) is 0. The molecule has 0 atom stereocenters. The van der Waals surface area contributed by atoms with Crippen LogP contribution in [-0.2, 0) is 0 Å². The standard InChI is InChI=1S/C9H9N3OS/c10-7-2-1-6(5-8(7)11)13-9-12-3-4-14-9/h1-5H,10-11H2. The van der Waals surface area contributed by atoms with Crippen molar-refractivity contribution in [3.05, 3.63) is 29.8 Å². The van der Waals surface area contributed by atoms with Crippen LogP contribution in [0.1, 0.15) is 0 Å². The van der Waals surface area contributed by atoms with Gasteiger partial charge in [-0.15, -0.1) is 0 Å². The Balaban J connectivity index is 2.22. The predicted molar refractivity (Wildman–Crippen MR) is 57.5 cm³/mol. The maximum Gasteiger partial charge on any atom is 0.278 e. The topological polar surface area (TPSA) is 74.2 Å². The highest BCUT2D eigenvalue weighted by molar-refractivity contribution is 7.11. The zero-order valence-corrected chi connectivity index (χ0v) is 8.12. The Labute approximate surface area is 85.1 Å². The number of ether oxygens (including phenoxy) is 1. The number of hydrogen-bond donors (Lipinski definition) is 2. The Morgan fingerprint density at radius 3 is 2.71 bits per heavy atom. The molecular weight excluding hydrogens is 198 g/mol. The number of nitrogen functional groups attached to an aromatic ring is 2. The minimum absolute atomic E-state index is 0.513. The van der Waals surface area contributed by atoms with Crippen LogP contribution in [0, 0.1) is 0 Å². The third-order valence-electron chi connectivity index (χ3n) is 1.67. The molecule has 0 aliphatic rings. The van der Waals surface area contributed by atoms with Crippen molar-refractivity contribution in [1.82, 2.24) is 4.98 Å². The zero-order chi connectivity index (χ0) is 9.97. The van der Waals surface area contributed by atoms with E-state index in [-0.39, 0.29) is 0 Å². The molecule has 4 N–H and O–H groups in total. The summed E-state index contributed by atoms with van der Waals surface area (Å²) >= 11 is 1.42. The smallest absolute Gasteiger partial charge is 0.278 e. The molecule has 0 bridgehead atoms. The van der Waals surface area contributed by atoms with Crippen molar-refractivity contribution in [2.45, 2.75) is 0 Å². The van der Waals surface area contributed by atoms with Crippen molar-refractivity contribution in [3.63, 3.8) is 0 Å². The molecule has 0 fully saturated rings. The van der Waals surface area contributed by atoms with Crippen molar-refractivity contribution in [2.24, 2.45) is 0 Å². The minimum atomic E-state index is 0.513. The predicted octanol–water partition coefficient (Wildman–Crippen LogP) is 2.10. The molecular formula is C9H9N3OS. The first-order valence-electron chi connectivity index (χ1n) is 3.98. The lowest BCUT2D eigenvalue weighted by Gasteiger charge is -2.04. The molecule has 4 nitrogen and oxygen atoms in total. The lowest BCUT2D eigenvalue weighted by Crippen LogP contribution is -1.94. The summed E-state index contributed by atoms with van der Waals surface area (Å²) in [5, 5.41) is 2.44. The quantitative estimate of drug-likeness (QED) is 0.739. The number of rotatable bonds is 2. The van der Waals surface area contributed by atoms with Gasteiger partial charge in [0.25, 0.3) is 5.19 Å². The van der Waals surface area contributed by atoms with Gasteiger partial charge in [-0.1, -0.05) is 11.3 Å². The highest BCUT2D eigenvalue weighted by Gasteiger charge is 2.01. The molecule has 14 heavy (non-hydrogen) atoms. The Bertz CT molecular complexity index is 428. The van der Waals surface area contributed by atoms with E-state index in [9.17, 15) is 0 Å². The molecule has 0 radical (unpaired) electrons. The van der Waals surface area contributed by atoms with Crippen molar-refractivity contribution in [1.29, 1.82) is 0 Å². The van der Waals surface area contributed by atoms with Crippen LogP contribution in [0.3, 0.4) is 0 Å². The Kier molecular flexibility index (Phi) is 2.24. The van der Waals surface area contributed by atoms with Crippen LogP contribution in [0.5, 0.6) is 10.9 Å². The van der Waals surface area contributed by atoms with Crippen LogP contribution < -0.4 is 16.2 Å². The molecule has 0 saturated carbocycles. The van der Waals surface area contributed by atoms with Crippen LogP contribution >= 0.6 is 11.3 Å². The zero-order valence-electron chi connectivity index (χ0n) is 7.31. The largest absolute Gasteiger partial charge is 0.431 e. The van der Waals surface area contributed by atoms with E-state index in [2.05, 4.69) is 4.98 Å². The van der Waals surface area contributed by atoms with Crippen LogP contribution in [-0.4, -0.2) is 4.98 Å². The molecule has 5 heteroatoms. The molecule has 1 aromatic carbocycles. The van der Waals surface area contributed by atoms with E-state index in [1.807, 2.05) is 5.38 Å². The van der Waals surface area contributed by atoms with Gasteiger partial charge in [0.05, 0.1) is 11.4 Å². The third kappa shape index (κ3) is 1.77. The van der Waals surface area contributed by atoms with Gasteiger partial charge in [-0.2, -0.15) is 0 Å². The highest BCUT2D eigenvalue weighted by Crippen LogP contribution is 2.27. The van der Waals surface area contributed by atoms with Gasteiger partial charge in [0.15, 0.2) is 0 Å². The molecule has 2 aromatic rings. The molecule has 0 aliphatic heterocycles. The van der Waals surface area contributed by atoms with Crippen molar-refractivity contribution in [3.8, 4) is 10.9 Å². The second kappa shape index (κ2) is 3.55. The molecule has 1 heterocycles. The van der Waals surface area contributed by atoms with Gasteiger partial charge >= 0.3 is 0 Å². The summed E-state index contributed by atoms with van der Waals surface area (Å²) in [4.78, 5) is 3.99. The Hall–Kier alpha value is -1.75. The number of benzene rings is 1. The van der Waals surface area contributed by atoms with E-state index in [0.29, 0.717) is 22.3 Å². The summed E-state index contributed by atoms with van der Waals surface area (Å²) in [6.45, 7) is 0. The van der Waals surface area contributed by atoms with Crippen LogP contribution in [0.25, 0.3) is 0 Å². The molecule has 1 aromatic heterocycles. The number of hydrogen-bond acceptors (Lipinski definition) is 5. The van der Waals surface area contributed by atoms with E-state index in [4.69, 9.17) is 16.2 Å². The van der Waals surface area contributed by atoms with E-state index in [1.165, 1.54) is 11.3 Å². The fourth-order valence-corrected chi connectivity index (χ4v) is 1.48. The molecule has 2 rings (SSSR count). The third-order valence-corrected chi connectivity index (χ3v) is 2.32. The first kappa shape index (κ1) is 8.83. The molecule has 0 aliphatic carbocycles. The average molecular weight is 207 g/mol. The summed E-state index contributed by atoms with van der Waals surface area (Å²) < 4.78 is 5.43. The normalized spacial score (nSPS) is 10.0. The lowest BCUT2D eigenvalue weighted by molar-refractivity contribution is 0.479. The van der Waals surface area contributed by atoms with Gasteiger partial charge in [-0.05, 0) is 12.1 Å². The molecule has 0 spiro atoms. The van der Waals surface area contributed by atoms with Gasteiger partial charge in [-0.3, -0.25) is 0 Å². The molecule has 0 saturated heterocycles. The van der Waals surface area contributed by atoms with Crippen LogP contribution in [0.4, 0.5) is 11.4 Å².